The SMILES string of the molecule is CCCCNC(=NCC(=O)N(C)C)NCC1Cc2ccccc2O1. The molecule has 6 heteroatoms. The summed E-state index contributed by atoms with van der Waals surface area (Å²) in [5, 5.41) is 6.57. The second-order valence-electron chi connectivity index (χ2n) is 6.17. The van der Waals surface area contributed by atoms with E-state index < -0.39 is 0 Å². The number of likely N-dealkylation sites (N-methyl/N-ethyl adjacent to an activating group) is 1. The molecule has 1 atom stereocenters. The zero-order valence-corrected chi connectivity index (χ0v) is 14.8. The Balaban J connectivity index is 1.86. The number of aliphatic imine (C=N–C) groups is 1. The topological polar surface area (TPSA) is 66.0 Å². The molecule has 0 saturated heterocycles. The molecule has 0 radical (unpaired) electrons. The third-order valence-corrected chi connectivity index (χ3v) is 3.91. The Morgan fingerprint density at radius 3 is 2.83 bits per heavy atom. The van der Waals surface area contributed by atoms with Gasteiger partial charge in [-0.05, 0) is 18.1 Å². The normalized spacial score (nSPS) is 16.3. The summed E-state index contributed by atoms with van der Waals surface area (Å²) in [4.78, 5) is 17.6. The molecule has 1 unspecified atom stereocenters. The number of benzene rings is 1. The monoisotopic (exact) mass is 332 g/mol. The van der Waals surface area contributed by atoms with Crippen molar-refractivity contribution in [1.29, 1.82) is 0 Å². The Kier molecular flexibility index (Phi) is 6.90. The van der Waals surface area contributed by atoms with E-state index in [2.05, 4.69) is 28.6 Å². The van der Waals surface area contributed by atoms with Crippen LogP contribution in [0.15, 0.2) is 29.3 Å². The quantitative estimate of drug-likeness (QED) is 0.450. The van der Waals surface area contributed by atoms with Crippen molar-refractivity contribution in [3.8, 4) is 5.75 Å². The molecule has 0 aliphatic carbocycles. The fourth-order valence-electron chi connectivity index (χ4n) is 2.42. The number of fused-ring (bicyclic) bond motifs is 1. The third-order valence-electron chi connectivity index (χ3n) is 3.91. The number of ether oxygens (including phenoxy) is 1. The van der Waals surface area contributed by atoms with Gasteiger partial charge in [0, 0.05) is 27.1 Å². The predicted octanol–water partition coefficient (Wildman–Crippen LogP) is 1.41. The van der Waals surface area contributed by atoms with Gasteiger partial charge in [0.2, 0.25) is 5.91 Å². The van der Waals surface area contributed by atoms with E-state index in [1.54, 1.807) is 19.0 Å². The number of unbranched alkanes of at least 4 members (excludes halogenated alkanes) is 1. The summed E-state index contributed by atoms with van der Waals surface area (Å²) in [6.45, 7) is 3.78. The van der Waals surface area contributed by atoms with Crippen LogP contribution >= 0.6 is 0 Å². The summed E-state index contributed by atoms with van der Waals surface area (Å²) in [5.41, 5.74) is 1.24. The molecule has 1 aromatic carbocycles. The largest absolute Gasteiger partial charge is 0.488 e. The number of guanidine groups is 1. The van der Waals surface area contributed by atoms with E-state index in [9.17, 15) is 4.79 Å². The van der Waals surface area contributed by atoms with Crippen molar-refractivity contribution in [1.82, 2.24) is 15.5 Å². The first-order valence-electron chi connectivity index (χ1n) is 8.57. The first-order chi connectivity index (χ1) is 11.6. The number of carbonyl (C=O) groups excluding carboxylic acids is 1. The highest BCUT2D eigenvalue weighted by Gasteiger charge is 2.22. The van der Waals surface area contributed by atoms with Crippen molar-refractivity contribution in [2.45, 2.75) is 32.3 Å². The molecule has 0 fully saturated rings. The van der Waals surface area contributed by atoms with Gasteiger partial charge in [0.25, 0.3) is 0 Å². The maximum atomic E-state index is 11.7. The molecule has 2 N–H and O–H groups in total. The van der Waals surface area contributed by atoms with Crippen LogP contribution in [0.4, 0.5) is 0 Å². The van der Waals surface area contributed by atoms with Crippen LogP contribution in [0.25, 0.3) is 0 Å². The average molecular weight is 332 g/mol. The lowest BCUT2D eigenvalue weighted by Crippen LogP contribution is -2.43. The summed E-state index contributed by atoms with van der Waals surface area (Å²) in [5.74, 6) is 1.61. The molecule has 0 saturated carbocycles. The zero-order valence-electron chi connectivity index (χ0n) is 14.8. The molecule has 1 heterocycles. The summed E-state index contributed by atoms with van der Waals surface area (Å²) in [6, 6.07) is 8.11. The molecular formula is C18H28N4O2. The second-order valence-corrected chi connectivity index (χ2v) is 6.17. The van der Waals surface area contributed by atoms with E-state index in [0.717, 1.165) is 31.6 Å². The lowest BCUT2D eigenvalue weighted by atomic mass is 10.1. The smallest absolute Gasteiger partial charge is 0.243 e. The highest BCUT2D eigenvalue weighted by Crippen LogP contribution is 2.27. The molecule has 2 rings (SSSR count). The van der Waals surface area contributed by atoms with E-state index in [1.807, 2.05) is 18.2 Å². The zero-order chi connectivity index (χ0) is 17.4. The van der Waals surface area contributed by atoms with Gasteiger partial charge >= 0.3 is 0 Å². The molecule has 1 aliphatic rings. The van der Waals surface area contributed by atoms with Crippen molar-refractivity contribution in [2.75, 3.05) is 33.7 Å². The summed E-state index contributed by atoms with van der Waals surface area (Å²) >= 11 is 0. The van der Waals surface area contributed by atoms with Gasteiger partial charge in [-0.2, -0.15) is 0 Å². The third kappa shape index (κ3) is 5.44. The van der Waals surface area contributed by atoms with Crippen LogP contribution < -0.4 is 15.4 Å². The van der Waals surface area contributed by atoms with Crippen LogP contribution in [0.2, 0.25) is 0 Å². The predicted molar refractivity (Wildman–Crippen MR) is 96.5 cm³/mol. The van der Waals surface area contributed by atoms with E-state index >= 15 is 0 Å². The molecule has 0 spiro atoms. The highest BCUT2D eigenvalue weighted by atomic mass is 16.5. The van der Waals surface area contributed by atoms with Crippen LogP contribution in [0.5, 0.6) is 5.75 Å². The summed E-state index contributed by atoms with van der Waals surface area (Å²) in [6.07, 6.45) is 3.15. The van der Waals surface area contributed by atoms with Gasteiger partial charge in [-0.15, -0.1) is 0 Å². The number of carbonyl (C=O) groups is 1. The van der Waals surface area contributed by atoms with E-state index in [-0.39, 0.29) is 18.6 Å². The van der Waals surface area contributed by atoms with Crippen molar-refractivity contribution in [3.63, 3.8) is 0 Å². The number of hydrogen-bond donors (Lipinski definition) is 2. The second kappa shape index (κ2) is 9.15. The van der Waals surface area contributed by atoms with E-state index in [4.69, 9.17) is 4.74 Å². The molecule has 24 heavy (non-hydrogen) atoms. The fraction of sp³-hybridized carbons (Fsp3) is 0.556. The van der Waals surface area contributed by atoms with Crippen molar-refractivity contribution >= 4 is 11.9 Å². The minimum atomic E-state index is -0.0175. The van der Waals surface area contributed by atoms with Gasteiger partial charge in [0.05, 0.1) is 6.54 Å². The van der Waals surface area contributed by atoms with Gasteiger partial charge < -0.3 is 20.3 Å². The highest BCUT2D eigenvalue weighted by molar-refractivity contribution is 5.84. The Morgan fingerprint density at radius 2 is 2.12 bits per heavy atom. The Bertz CT molecular complexity index is 547. The number of nitrogens with zero attached hydrogens (tertiary/aromatic N) is 2. The molecular weight excluding hydrogens is 304 g/mol. The number of amides is 1. The summed E-state index contributed by atoms with van der Waals surface area (Å²) in [7, 11) is 3.47. The van der Waals surface area contributed by atoms with Gasteiger partial charge in [-0.1, -0.05) is 31.5 Å². The van der Waals surface area contributed by atoms with Crippen molar-refractivity contribution < 1.29 is 9.53 Å². The van der Waals surface area contributed by atoms with Crippen LogP contribution in [0.1, 0.15) is 25.3 Å². The molecule has 1 amide bonds. The van der Waals surface area contributed by atoms with Gasteiger partial charge in [-0.25, -0.2) is 4.99 Å². The Labute approximate surface area is 144 Å². The lowest BCUT2D eigenvalue weighted by molar-refractivity contribution is -0.127. The molecule has 0 bridgehead atoms. The van der Waals surface area contributed by atoms with Gasteiger partial charge in [0.1, 0.15) is 18.4 Å². The average Bonchev–Trinajstić information content (AvgIpc) is 2.99. The van der Waals surface area contributed by atoms with Crippen LogP contribution in [0.3, 0.4) is 0 Å². The molecule has 6 nitrogen and oxygen atoms in total. The molecule has 1 aromatic rings. The van der Waals surface area contributed by atoms with Crippen LogP contribution in [0, 0.1) is 0 Å². The Hall–Kier alpha value is -2.24. The van der Waals surface area contributed by atoms with Crippen LogP contribution in [-0.4, -0.2) is 56.6 Å². The maximum absolute atomic E-state index is 11.7. The van der Waals surface area contributed by atoms with Gasteiger partial charge in [0.15, 0.2) is 5.96 Å². The molecule has 1 aliphatic heterocycles. The van der Waals surface area contributed by atoms with Crippen molar-refractivity contribution in [3.05, 3.63) is 29.8 Å². The number of rotatable bonds is 7. The van der Waals surface area contributed by atoms with E-state index in [0.29, 0.717) is 12.5 Å². The maximum Gasteiger partial charge on any atom is 0.243 e. The minimum Gasteiger partial charge on any atom is -0.488 e. The number of para-hydroxylation sites is 1. The van der Waals surface area contributed by atoms with Crippen molar-refractivity contribution in [2.24, 2.45) is 4.99 Å². The fourth-order valence-corrected chi connectivity index (χ4v) is 2.42. The molecule has 132 valence electrons. The van der Waals surface area contributed by atoms with Gasteiger partial charge in [-0.3, -0.25) is 4.79 Å². The Morgan fingerprint density at radius 1 is 1.33 bits per heavy atom. The first kappa shape index (κ1) is 18.1. The van der Waals surface area contributed by atoms with E-state index in [1.165, 1.54) is 5.56 Å². The van der Waals surface area contributed by atoms with Crippen LogP contribution in [-0.2, 0) is 11.2 Å². The minimum absolute atomic E-state index is 0.0175. The standard InChI is InChI=1S/C18H28N4O2/c1-4-5-10-19-18(21-13-17(23)22(2)3)20-12-15-11-14-8-6-7-9-16(14)24-15/h6-9,15H,4-5,10-13H2,1-3H3,(H2,19,20,21). The summed E-state index contributed by atoms with van der Waals surface area (Å²) < 4.78 is 5.93. The number of nitrogens with one attached hydrogen (secondary N) is 2. The number of hydrogen-bond acceptors (Lipinski definition) is 3. The lowest BCUT2D eigenvalue weighted by Gasteiger charge is -2.16. The molecule has 0 aromatic heterocycles. The first-order valence-corrected chi connectivity index (χ1v) is 8.57.